The number of hydrogen-bond donors (Lipinski definition) is 3. The van der Waals surface area contributed by atoms with Crippen LogP contribution < -0.4 is 16.8 Å². The maximum atomic E-state index is 11.6. The monoisotopic (exact) mass is 249 g/mol. The van der Waals surface area contributed by atoms with Crippen LogP contribution in [0.5, 0.6) is 0 Å². The number of anilines is 1. The molecule has 18 heavy (non-hydrogen) atoms. The summed E-state index contributed by atoms with van der Waals surface area (Å²) in [5, 5.41) is 2.79. The molecule has 0 bridgehead atoms. The second-order valence-corrected chi connectivity index (χ2v) is 4.20. The molecule has 2 amide bonds. The lowest BCUT2D eigenvalue weighted by Gasteiger charge is -2.05. The van der Waals surface area contributed by atoms with Crippen LogP contribution in [0.4, 0.5) is 5.69 Å². The number of amides is 2. The molecule has 0 aromatic heterocycles. The first-order chi connectivity index (χ1) is 8.58. The average Bonchev–Trinajstić information content (AvgIpc) is 2.28. The van der Waals surface area contributed by atoms with Crippen LogP contribution in [0.2, 0.25) is 0 Å². The van der Waals surface area contributed by atoms with Gasteiger partial charge in [0.2, 0.25) is 11.8 Å². The molecule has 0 aliphatic rings. The quantitative estimate of drug-likeness (QED) is 0.487. The fourth-order valence-electron chi connectivity index (χ4n) is 1.60. The predicted molar refractivity (Wildman–Crippen MR) is 70.6 cm³/mol. The van der Waals surface area contributed by atoms with E-state index in [1.165, 1.54) is 0 Å². The highest BCUT2D eigenvalue weighted by Crippen LogP contribution is 2.06. The highest BCUT2D eigenvalue weighted by molar-refractivity contribution is 5.78. The lowest BCUT2D eigenvalue weighted by atomic mass is 10.1. The summed E-state index contributed by atoms with van der Waals surface area (Å²) in [6.45, 7) is 0.564. The van der Waals surface area contributed by atoms with E-state index in [2.05, 4.69) is 5.32 Å². The van der Waals surface area contributed by atoms with Crippen LogP contribution in [0.3, 0.4) is 0 Å². The van der Waals surface area contributed by atoms with Crippen molar-refractivity contribution in [2.24, 2.45) is 5.73 Å². The van der Waals surface area contributed by atoms with Crippen molar-refractivity contribution in [2.45, 2.75) is 25.7 Å². The number of primary amides is 1. The highest BCUT2D eigenvalue weighted by Gasteiger charge is 2.03. The zero-order chi connectivity index (χ0) is 13.4. The van der Waals surface area contributed by atoms with Crippen LogP contribution in [0.15, 0.2) is 24.3 Å². The summed E-state index contributed by atoms with van der Waals surface area (Å²) in [7, 11) is 0. The topological polar surface area (TPSA) is 98.2 Å². The molecule has 1 aromatic carbocycles. The van der Waals surface area contributed by atoms with Gasteiger partial charge in [0.1, 0.15) is 0 Å². The Morgan fingerprint density at radius 3 is 2.67 bits per heavy atom. The molecule has 0 aliphatic carbocycles. The summed E-state index contributed by atoms with van der Waals surface area (Å²) < 4.78 is 0. The van der Waals surface area contributed by atoms with E-state index in [0.717, 1.165) is 12.0 Å². The maximum Gasteiger partial charge on any atom is 0.224 e. The number of rotatable bonds is 7. The van der Waals surface area contributed by atoms with E-state index in [-0.39, 0.29) is 11.8 Å². The van der Waals surface area contributed by atoms with Crippen LogP contribution in [0.25, 0.3) is 0 Å². The van der Waals surface area contributed by atoms with Gasteiger partial charge in [-0.05, 0) is 30.5 Å². The van der Waals surface area contributed by atoms with Gasteiger partial charge in [-0.25, -0.2) is 0 Å². The molecule has 0 saturated heterocycles. The second-order valence-electron chi connectivity index (χ2n) is 4.20. The fourth-order valence-corrected chi connectivity index (χ4v) is 1.60. The van der Waals surface area contributed by atoms with E-state index < -0.39 is 0 Å². The first kappa shape index (κ1) is 14.0. The van der Waals surface area contributed by atoms with Gasteiger partial charge in [-0.15, -0.1) is 0 Å². The Morgan fingerprint density at radius 1 is 1.22 bits per heavy atom. The third-order valence-electron chi connectivity index (χ3n) is 2.49. The SMILES string of the molecule is NC(=O)CCCCNC(=O)Cc1cccc(N)c1. The Bertz CT molecular complexity index is 418. The van der Waals surface area contributed by atoms with Crippen LogP contribution >= 0.6 is 0 Å². The van der Waals surface area contributed by atoms with Crippen LogP contribution in [0, 0.1) is 0 Å². The van der Waals surface area contributed by atoms with Gasteiger partial charge < -0.3 is 16.8 Å². The molecular weight excluding hydrogens is 230 g/mol. The number of benzene rings is 1. The fraction of sp³-hybridized carbons (Fsp3) is 0.385. The van der Waals surface area contributed by atoms with Crippen molar-refractivity contribution in [3.63, 3.8) is 0 Å². The number of carbonyl (C=O) groups excluding carboxylic acids is 2. The smallest absolute Gasteiger partial charge is 0.224 e. The van der Waals surface area contributed by atoms with Crippen LogP contribution in [-0.2, 0) is 16.0 Å². The second kappa shape index (κ2) is 7.32. The van der Waals surface area contributed by atoms with E-state index in [0.29, 0.717) is 31.5 Å². The number of nitrogens with two attached hydrogens (primary N) is 2. The first-order valence-electron chi connectivity index (χ1n) is 5.97. The molecule has 0 unspecified atom stereocenters. The number of nitrogen functional groups attached to an aromatic ring is 1. The Morgan fingerprint density at radius 2 is 2.00 bits per heavy atom. The highest BCUT2D eigenvalue weighted by atomic mass is 16.1. The zero-order valence-electron chi connectivity index (χ0n) is 10.3. The van der Waals surface area contributed by atoms with Gasteiger partial charge in [-0.2, -0.15) is 0 Å². The Hall–Kier alpha value is -2.04. The molecule has 0 heterocycles. The van der Waals surface area contributed by atoms with Gasteiger partial charge in [-0.1, -0.05) is 12.1 Å². The van der Waals surface area contributed by atoms with Gasteiger partial charge in [0.15, 0.2) is 0 Å². The molecule has 0 atom stereocenters. The van der Waals surface area contributed by atoms with Gasteiger partial charge in [0, 0.05) is 18.7 Å². The summed E-state index contributed by atoms with van der Waals surface area (Å²) in [6.07, 6.45) is 2.14. The molecule has 0 aliphatic heterocycles. The molecular formula is C13H19N3O2. The summed E-state index contributed by atoms with van der Waals surface area (Å²) in [4.78, 5) is 22.1. The summed E-state index contributed by atoms with van der Waals surface area (Å²) >= 11 is 0. The average molecular weight is 249 g/mol. The largest absolute Gasteiger partial charge is 0.399 e. The Kier molecular flexibility index (Phi) is 5.70. The van der Waals surface area contributed by atoms with Gasteiger partial charge >= 0.3 is 0 Å². The summed E-state index contributed by atoms with van der Waals surface area (Å²) in [5.41, 5.74) is 12.2. The van der Waals surface area contributed by atoms with E-state index in [1.807, 2.05) is 12.1 Å². The molecule has 98 valence electrons. The Labute approximate surface area is 107 Å². The van der Waals surface area contributed by atoms with Crippen molar-refractivity contribution < 1.29 is 9.59 Å². The van der Waals surface area contributed by atoms with E-state index in [9.17, 15) is 9.59 Å². The first-order valence-corrected chi connectivity index (χ1v) is 5.97. The minimum atomic E-state index is -0.305. The zero-order valence-corrected chi connectivity index (χ0v) is 10.3. The molecule has 5 heteroatoms. The number of carbonyl (C=O) groups is 2. The molecule has 0 saturated carbocycles. The minimum Gasteiger partial charge on any atom is -0.399 e. The molecule has 1 rings (SSSR count). The van der Waals surface area contributed by atoms with Crippen molar-refractivity contribution in [1.82, 2.24) is 5.32 Å². The Balaban J connectivity index is 2.20. The van der Waals surface area contributed by atoms with Crippen LogP contribution in [-0.4, -0.2) is 18.4 Å². The summed E-state index contributed by atoms with van der Waals surface area (Å²) in [6, 6.07) is 7.26. The lowest BCUT2D eigenvalue weighted by molar-refractivity contribution is -0.120. The molecule has 5 N–H and O–H groups in total. The predicted octanol–water partition coefficient (Wildman–Crippen LogP) is 0.583. The van der Waals surface area contributed by atoms with Gasteiger partial charge in [-0.3, -0.25) is 9.59 Å². The molecule has 0 radical (unpaired) electrons. The molecule has 0 spiro atoms. The number of nitrogens with one attached hydrogen (secondary N) is 1. The third-order valence-corrected chi connectivity index (χ3v) is 2.49. The van der Waals surface area contributed by atoms with Gasteiger partial charge in [0.05, 0.1) is 6.42 Å². The maximum absolute atomic E-state index is 11.6. The van der Waals surface area contributed by atoms with Crippen molar-refractivity contribution in [3.05, 3.63) is 29.8 Å². The van der Waals surface area contributed by atoms with Crippen molar-refractivity contribution in [1.29, 1.82) is 0 Å². The van der Waals surface area contributed by atoms with Crippen LogP contribution in [0.1, 0.15) is 24.8 Å². The number of unbranched alkanes of at least 4 members (excludes halogenated alkanes) is 1. The van der Waals surface area contributed by atoms with E-state index >= 15 is 0 Å². The summed E-state index contributed by atoms with van der Waals surface area (Å²) in [5.74, 6) is -0.347. The van der Waals surface area contributed by atoms with Crippen molar-refractivity contribution >= 4 is 17.5 Å². The van der Waals surface area contributed by atoms with Crippen molar-refractivity contribution in [3.8, 4) is 0 Å². The minimum absolute atomic E-state index is 0.0420. The normalized spacial score (nSPS) is 10.0. The molecule has 0 fully saturated rings. The lowest BCUT2D eigenvalue weighted by Crippen LogP contribution is -2.26. The van der Waals surface area contributed by atoms with E-state index in [1.54, 1.807) is 12.1 Å². The third kappa shape index (κ3) is 5.89. The van der Waals surface area contributed by atoms with Crippen molar-refractivity contribution in [2.75, 3.05) is 12.3 Å². The van der Waals surface area contributed by atoms with E-state index in [4.69, 9.17) is 11.5 Å². The van der Waals surface area contributed by atoms with Gasteiger partial charge in [0.25, 0.3) is 0 Å². The number of hydrogen-bond acceptors (Lipinski definition) is 3. The molecule has 5 nitrogen and oxygen atoms in total. The standard InChI is InChI=1S/C13H19N3O2/c14-11-5-3-4-10(8-11)9-13(18)16-7-2-1-6-12(15)17/h3-5,8H,1-2,6-7,9,14H2,(H2,15,17)(H,16,18). The molecule has 1 aromatic rings.